The van der Waals surface area contributed by atoms with E-state index in [-0.39, 0.29) is 0 Å². The van der Waals surface area contributed by atoms with Crippen LogP contribution in [0.3, 0.4) is 0 Å². The number of nitrogens with zero attached hydrogens (tertiary/aromatic N) is 5. The van der Waals surface area contributed by atoms with Crippen molar-refractivity contribution in [2.24, 2.45) is 0 Å². The zero-order chi connectivity index (χ0) is 62.4. The highest BCUT2D eigenvalue weighted by atomic mass is 28.3. The Morgan fingerprint density at radius 3 is 0.745 bits per heavy atom. The Labute approximate surface area is 548 Å². The van der Waals surface area contributed by atoms with Crippen molar-refractivity contribution in [1.82, 2.24) is 24.1 Å². The van der Waals surface area contributed by atoms with Gasteiger partial charge in [0, 0.05) is 27.1 Å². The first-order chi connectivity index (χ1) is 46.6. The molecule has 3 aromatic heterocycles. The number of aromatic nitrogens is 5. The summed E-state index contributed by atoms with van der Waals surface area (Å²) in [5.41, 5.74) is 11.9. The van der Waals surface area contributed by atoms with Crippen molar-refractivity contribution in [2.45, 2.75) is 0 Å². The quantitative estimate of drug-likeness (QED) is 0.0805. The Morgan fingerprint density at radius 1 is 0.181 bits per heavy atom. The molecule has 0 fully saturated rings. The molecular weight excluding hydrogens is 1170 g/mol. The molecule has 5 nitrogen and oxygen atoms in total. The van der Waals surface area contributed by atoms with Crippen LogP contribution in [-0.4, -0.2) is 40.2 Å². The van der Waals surface area contributed by atoms with Gasteiger partial charge in [-0.2, -0.15) is 15.0 Å². The van der Waals surface area contributed by atoms with Crippen LogP contribution >= 0.6 is 0 Å². The molecule has 94 heavy (non-hydrogen) atoms. The van der Waals surface area contributed by atoms with Crippen LogP contribution in [0.25, 0.3) is 100 Å². The SMILES string of the molecule is c1ccc(-c2cccc([Si](c3ccccc3)(c3ccccc3)c3cc(-c4nc(-n5c6ccccc6c6ccccc65)nc(-n5c6ccccc6c6ccccc65)n4)cc([Si](c4ccccc4)(c4cccc(-c5ccccc5)c4)c4cccc(-c5ccccc5)c4)c3)c2)cc1. The predicted molar refractivity (Wildman–Crippen MR) is 397 cm³/mol. The molecule has 0 aliphatic heterocycles. The lowest BCUT2D eigenvalue weighted by Gasteiger charge is -2.39. The van der Waals surface area contributed by atoms with Crippen molar-refractivity contribution >= 4 is 101 Å². The van der Waals surface area contributed by atoms with Gasteiger partial charge in [-0.1, -0.05) is 346 Å². The van der Waals surface area contributed by atoms with Crippen LogP contribution in [-0.2, 0) is 0 Å². The van der Waals surface area contributed by atoms with Crippen LogP contribution < -0.4 is 41.5 Å². The van der Waals surface area contributed by atoms with Crippen LogP contribution in [0.4, 0.5) is 0 Å². The standard InChI is InChI=1S/C87H61N5Si2/c1-7-30-62(31-8-1)65-36-27-45-72(56-65)93(69-39-13-4-14-40-69,70-41-15-5-16-42-70)75-59-68(85-88-86(91-81-52-23-19-48-77(81)78-49-20-24-53-82(78)91)90-87(89-85)92-83-54-25-21-50-79(83)80-51-22-26-55-84(80)92)60-76(61-75)94(71-43-17-6-18-44-71,73-46-28-37-66(57-73)63-32-9-2-10-33-63)74-47-29-38-67(58-74)64-34-11-3-12-35-64/h1-61H. The van der Waals surface area contributed by atoms with Crippen molar-refractivity contribution in [3.8, 4) is 56.7 Å². The van der Waals surface area contributed by atoms with Gasteiger partial charge in [-0.3, -0.25) is 9.13 Å². The Kier molecular flexibility index (Phi) is 14.2. The van der Waals surface area contributed by atoms with Crippen LogP contribution in [0.15, 0.2) is 370 Å². The summed E-state index contributed by atoms with van der Waals surface area (Å²) in [5, 5.41) is 14.4. The average Bonchev–Trinajstić information content (AvgIpc) is 0.936. The second-order valence-electron chi connectivity index (χ2n) is 24.2. The molecule has 14 aromatic carbocycles. The summed E-state index contributed by atoms with van der Waals surface area (Å²) in [6.45, 7) is 0. The van der Waals surface area contributed by atoms with E-state index >= 15 is 0 Å². The number of rotatable bonds is 14. The van der Waals surface area contributed by atoms with Crippen molar-refractivity contribution in [3.05, 3.63) is 370 Å². The predicted octanol–water partition coefficient (Wildman–Crippen LogP) is 15.5. The summed E-state index contributed by atoms with van der Waals surface area (Å²) in [5.74, 6) is 1.60. The molecule has 0 amide bonds. The van der Waals surface area contributed by atoms with Gasteiger partial charge in [0.15, 0.2) is 22.0 Å². The van der Waals surface area contributed by atoms with E-state index in [1.54, 1.807) is 0 Å². The maximum absolute atomic E-state index is 5.92. The van der Waals surface area contributed by atoms with E-state index in [1.165, 1.54) is 41.5 Å². The number of hydrogen-bond acceptors (Lipinski definition) is 3. The van der Waals surface area contributed by atoms with Gasteiger partial charge in [0.2, 0.25) is 11.9 Å². The topological polar surface area (TPSA) is 48.5 Å². The first kappa shape index (κ1) is 56.1. The molecule has 17 aromatic rings. The van der Waals surface area contributed by atoms with Gasteiger partial charge in [0.1, 0.15) is 0 Å². The van der Waals surface area contributed by atoms with Gasteiger partial charge >= 0.3 is 0 Å². The fraction of sp³-hybridized carbons (Fsp3) is 0. The first-order valence-corrected chi connectivity index (χ1v) is 36.2. The van der Waals surface area contributed by atoms with E-state index in [0.717, 1.165) is 82.6 Å². The zero-order valence-corrected chi connectivity index (χ0v) is 53.5. The minimum atomic E-state index is -3.61. The molecule has 0 unspecified atom stereocenters. The van der Waals surface area contributed by atoms with Gasteiger partial charge in [-0.15, -0.1) is 0 Å². The molecule has 7 heteroatoms. The molecule has 0 saturated carbocycles. The van der Waals surface area contributed by atoms with Crippen molar-refractivity contribution < 1.29 is 0 Å². The molecule has 0 saturated heterocycles. The van der Waals surface area contributed by atoms with Gasteiger partial charge < -0.3 is 0 Å². The van der Waals surface area contributed by atoms with Gasteiger partial charge in [0.05, 0.1) is 22.1 Å². The van der Waals surface area contributed by atoms with E-state index in [1.807, 2.05) is 0 Å². The number of fused-ring (bicyclic) bond motifs is 6. The second-order valence-corrected chi connectivity index (χ2v) is 31.9. The average molecular weight is 1230 g/mol. The second kappa shape index (κ2) is 23.7. The maximum atomic E-state index is 5.92. The molecule has 0 N–H and O–H groups in total. The van der Waals surface area contributed by atoms with Gasteiger partial charge in [-0.25, -0.2) is 0 Å². The molecule has 3 heterocycles. The summed E-state index contributed by atoms with van der Waals surface area (Å²) in [7, 11) is -7.11. The minimum Gasteiger partial charge on any atom is -0.278 e. The fourth-order valence-electron chi connectivity index (χ4n) is 14.9. The zero-order valence-electron chi connectivity index (χ0n) is 51.5. The lowest BCUT2D eigenvalue weighted by atomic mass is 10.1. The number of hydrogen-bond donors (Lipinski definition) is 0. The Balaban J connectivity index is 1.07. The van der Waals surface area contributed by atoms with E-state index in [9.17, 15) is 0 Å². The molecule has 0 atom stereocenters. The fourth-order valence-corrected chi connectivity index (χ4v) is 24.8. The van der Waals surface area contributed by atoms with E-state index in [2.05, 4.69) is 379 Å². The van der Waals surface area contributed by atoms with E-state index < -0.39 is 16.1 Å². The lowest BCUT2D eigenvalue weighted by molar-refractivity contribution is 0.893. The normalized spacial score (nSPS) is 11.8. The number of para-hydroxylation sites is 4. The summed E-state index contributed by atoms with van der Waals surface area (Å²) in [6, 6.07) is 137. The smallest absolute Gasteiger partial charge is 0.240 e. The van der Waals surface area contributed by atoms with Crippen molar-refractivity contribution in [2.75, 3.05) is 0 Å². The summed E-state index contributed by atoms with van der Waals surface area (Å²) >= 11 is 0. The largest absolute Gasteiger partial charge is 0.278 e. The third-order valence-corrected chi connectivity index (χ3v) is 28.5. The lowest BCUT2D eigenvalue weighted by Crippen LogP contribution is -2.78. The molecule has 442 valence electrons. The summed E-state index contributed by atoms with van der Waals surface area (Å²) < 4.78 is 4.49. The third kappa shape index (κ3) is 9.47. The van der Waals surface area contributed by atoms with Crippen molar-refractivity contribution in [3.63, 3.8) is 0 Å². The maximum Gasteiger partial charge on any atom is 0.240 e. The molecule has 0 spiro atoms. The third-order valence-electron chi connectivity index (χ3n) is 19.1. The minimum absolute atomic E-state index is 0.522. The monoisotopic (exact) mass is 1230 g/mol. The van der Waals surface area contributed by atoms with Gasteiger partial charge in [-0.05, 0) is 99.1 Å². The Morgan fingerprint density at radius 2 is 0.426 bits per heavy atom. The number of benzene rings is 14. The van der Waals surface area contributed by atoms with Crippen LogP contribution in [0.5, 0.6) is 0 Å². The highest BCUT2D eigenvalue weighted by Crippen LogP contribution is 2.35. The summed E-state index contributed by atoms with van der Waals surface area (Å²) in [4.78, 5) is 17.5. The van der Waals surface area contributed by atoms with Crippen LogP contribution in [0, 0.1) is 0 Å². The molecule has 0 bridgehead atoms. The molecule has 0 aliphatic carbocycles. The Bertz CT molecular complexity index is 5260. The molecule has 0 aliphatic rings. The Hall–Kier alpha value is -11.9. The summed E-state index contributed by atoms with van der Waals surface area (Å²) in [6.07, 6.45) is 0. The highest BCUT2D eigenvalue weighted by Gasteiger charge is 2.47. The van der Waals surface area contributed by atoms with Crippen LogP contribution in [0.1, 0.15) is 0 Å². The molecule has 0 radical (unpaired) electrons. The molecule has 17 rings (SSSR count). The highest BCUT2D eigenvalue weighted by molar-refractivity contribution is 7.22. The first-order valence-electron chi connectivity index (χ1n) is 32.2. The van der Waals surface area contributed by atoms with Crippen LogP contribution in [0.2, 0.25) is 0 Å². The van der Waals surface area contributed by atoms with Gasteiger partial charge in [0.25, 0.3) is 0 Å². The van der Waals surface area contributed by atoms with E-state index in [4.69, 9.17) is 15.0 Å². The van der Waals surface area contributed by atoms with E-state index in [0.29, 0.717) is 17.7 Å². The molecular formula is C87H61N5Si2. The van der Waals surface area contributed by atoms with Crippen molar-refractivity contribution in [1.29, 1.82) is 0 Å².